The summed E-state index contributed by atoms with van der Waals surface area (Å²) in [6.07, 6.45) is 3.36. The van der Waals surface area contributed by atoms with E-state index in [1.165, 1.54) is 0 Å². The molecule has 0 aliphatic carbocycles. The number of benzene rings is 2. The van der Waals surface area contributed by atoms with Gasteiger partial charge in [-0.2, -0.15) is 0 Å². The Morgan fingerprint density at radius 3 is 2.71 bits per heavy atom. The number of rotatable bonds is 7. The van der Waals surface area contributed by atoms with Gasteiger partial charge in [-0.15, -0.1) is 0 Å². The van der Waals surface area contributed by atoms with Gasteiger partial charge in [-0.05, 0) is 50.8 Å². The molecule has 8 nitrogen and oxygen atoms in total. The van der Waals surface area contributed by atoms with Crippen molar-refractivity contribution in [1.29, 1.82) is 0 Å². The molecule has 5 rings (SSSR count). The predicted molar refractivity (Wildman–Crippen MR) is 147 cm³/mol. The topological polar surface area (TPSA) is 96.5 Å². The Morgan fingerprint density at radius 2 is 1.95 bits per heavy atom. The third kappa shape index (κ3) is 5.51. The van der Waals surface area contributed by atoms with E-state index < -0.39 is 6.04 Å². The minimum Gasteiger partial charge on any atom is -0.381 e. The first kappa shape index (κ1) is 26.1. The number of fused-ring (bicyclic) bond motifs is 1. The van der Waals surface area contributed by atoms with Crippen molar-refractivity contribution in [2.75, 3.05) is 18.5 Å². The summed E-state index contributed by atoms with van der Waals surface area (Å²) in [7, 11) is 0. The lowest BCUT2D eigenvalue weighted by Crippen LogP contribution is -2.45. The van der Waals surface area contributed by atoms with Crippen LogP contribution in [0, 0.1) is 6.92 Å². The van der Waals surface area contributed by atoms with E-state index in [1.807, 2.05) is 50.2 Å². The molecule has 0 spiro atoms. The maximum absolute atomic E-state index is 13.4. The second-order valence-electron chi connectivity index (χ2n) is 10.0. The molecule has 0 saturated carbocycles. The Balaban J connectivity index is 1.30. The number of aryl methyl sites for hydroxylation is 1. The van der Waals surface area contributed by atoms with Crippen molar-refractivity contribution >= 4 is 29.4 Å². The number of aromatic nitrogens is 2. The number of hydrogen-bond acceptors (Lipinski definition) is 6. The summed E-state index contributed by atoms with van der Waals surface area (Å²) in [4.78, 5) is 37.1. The zero-order chi connectivity index (χ0) is 26.8. The Morgan fingerprint density at radius 1 is 1.16 bits per heavy atom. The molecule has 1 unspecified atom stereocenters. The lowest BCUT2D eigenvalue weighted by molar-refractivity contribution is -0.125. The number of ether oxygens (including phenoxy) is 1. The lowest BCUT2D eigenvalue weighted by Gasteiger charge is -2.25. The number of carbonyl (C=O) groups excluding carboxylic acids is 2. The van der Waals surface area contributed by atoms with E-state index in [0.29, 0.717) is 42.0 Å². The summed E-state index contributed by atoms with van der Waals surface area (Å²) in [5, 5.41) is 6.82. The van der Waals surface area contributed by atoms with Crippen molar-refractivity contribution in [3.8, 4) is 11.3 Å². The van der Waals surface area contributed by atoms with Gasteiger partial charge in [0, 0.05) is 36.9 Å². The van der Waals surface area contributed by atoms with E-state index in [0.717, 1.165) is 35.1 Å². The van der Waals surface area contributed by atoms with Crippen LogP contribution in [0.25, 0.3) is 11.3 Å². The number of amides is 2. The Labute approximate surface area is 227 Å². The molecule has 9 heteroatoms. The first-order chi connectivity index (χ1) is 18.3. The van der Waals surface area contributed by atoms with Gasteiger partial charge in [0.1, 0.15) is 6.04 Å². The van der Waals surface area contributed by atoms with Crippen LogP contribution in [0.2, 0.25) is 5.02 Å². The van der Waals surface area contributed by atoms with Crippen LogP contribution in [0.15, 0.2) is 48.7 Å². The van der Waals surface area contributed by atoms with Gasteiger partial charge in [0.05, 0.1) is 23.0 Å². The smallest absolute Gasteiger partial charge is 0.255 e. The molecule has 1 saturated heterocycles. The molecule has 2 atom stereocenters. The average molecular weight is 534 g/mol. The van der Waals surface area contributed by atoms with Crippen LogP contribution in [-0.4, -0.2) is 52.0 Å². The first-order valence-electron chi connectivity index (χ1n) is 13.0. The molecule has 3 heterocycles. The monoisotopic (exact) mass is 533 g/mol. The van der Waals surface area contributed by atoms with Gasteiger partial charge >= 0.3 is 0 Å². The van der Waals surface area contributed by atoms with Crippen LogP contribution in [0.3, 0.4) is 0 Å². The van der Waals surface area contributed by atoms with Gasteiger partial charge in [-0.3, -0.25) is 9.59 Å². The fourth-order valence-corrected chi connectivity index (χ4v) is 5.15. The minimum absolute atomic E-state index is 0.166. The molecule has 38 heavy (non-hydrogen) atoms. The SMILES string of the molecule is Cc1cccc([C@@H](C)NC(=O)C(C)N2Cc3ccc(-c4nc(NC5CCOCC5)ncc4Cl)cc3C2=O)c1. The second-order valence-corrected chi connectivity index (χ2v) is 10.5. The van der Waals surface area contributed by atoms with Crippen LogP contribution in [-0.2, 0) is 16.1 Å². The van der Waals surface area contributed by atoms with Crippen molar-refractivity contribution < 1.29 is 14.3 Å². The number of carbonyl (C=O) groups is 2. The highest BCUT2D eigenvalue weighted by atomic mass is 35.5. The van der Waals surface area contributed by atoms with Crippen LogP contribution < -0.4 is 10.6 Å². The molecule has 1 fully saturated rings. The van der Waals surface area contributed by atoms with Gasteiger partial charge in [-0.25, -0.2) is 9.97 Å². The highest BCUT2D eigenvalue weighted by molar-refractivity contribution is 6.33. The van der Waals surface area contributed by atoms with Crippen molar-refractivity contribution in [3.05, 3.63) is 75.9 Å². The maximum Gasteiger partial charge on any atom is 0.255 e. The molecule has 0 bridgehead atoms. The zero-order valence-electron chi connectivity index (χ0n) is 21.8. The third-order valence-corrected chi connectivity index (χ3v) is 7.54. The summed E-state index contributed by atoms with van der Waals surface area (Å²) in [6, 6.07) is 13.1. The zero-order valence-corrected chi connectivity index (χ0v) is 22.6. The molecular weight excluding hydrogens is 502 g/mol. The Kier molecular flexibility index (Phi) is 7.63. The average Bonchev–Trinajstić information content (AvgIpc) is 3.25. The summed E-state index contributed by atoms with van der Waals surface area (Å²) >= 11 is 6.47. The fraction of sp³-hybridized carbons (Fsp3) is 0.379. The van der Waals surface area contributed by atoms with Gasteiger partial charge in [0.2, 0.25) is 11.9 Å². The Bertz CT molecular complexity index is 1360. The fourth-order valence-electron chi connectivity index (χ4n) is 4.95. The van der Waals surface area contributed by atoms with Crippen molar-refractivity contribution in [1.82, 2.24) is 20.2 Å². The van der Waals surface area contributed by atoms with E-state index >= 15 is 0 Å². The minimum atomic E-state index is -0.622. The summed E-state index contributed by atoms with van der Waals surface area (Å²) in [5.41, 5.74) is 4.87. The largest absolute Gasteiger partial charge is 0.381 e. The summed E-state index contributed by atoms with van der Waals surface area (Å²) < 4.78 is 5.42. The molecule has 2 aliphatic rings. The lowest BCUT2D eigenvalue weighted by atomic mass is 10.0. The van der Waals surface area contributed by atoms with E-state index in [4.69, 9.17) is 16.3 Å². The number of anilines is 1. The van der Waals surface area contributed by atoms with Crippen molar-refractivity contribution in [2.24, 2.45) is 0 Å². The number of hydrogen-bond donors (Lipinski definition) is 2. The molecule has 2 N–H and O–H groups in total. The Hall–Kier alpha value is -3.49. The number of halogens is 1. The van der Waals surface area contributed by atoms with Gasteiger partial charge in [-0.1, -0.05) is 53.6 Å². The molecule has 2 aromatic carbocycles. The van der Waals surface area contributed by atoms with Gasteiger partial charge in [0.25, 0.3) is 5.91 Å². The molecule has 2 aliphatic heterocycles. The molecule has 0 radical (unpaired) electrons. The first-order valence-corrected chi connectivity index (χ1v) is 13.4. The van der Waals surface area contributed by atoms with Crippen LogP contribution in [0.5, 0.6) is 0 Å². The maximum atomic E-state index is 13.4. The molecular formula is C29H32ClN5O3. The van der Waals surface area contributed by atoms with Crippen LogP contribution in [0.1, 0.15) is 59.8 Å². The summed E-state index contributed by atoms with van der Waals surface area (Å²) in [6.45, 7) is 7.52. The molecule has 198 valence electrons. The normalized spacial score (nSPS) is 17.2. The second kappa shape index (κ2) is 11.1. The molecule has 3 aromatic rings. The van der Waals surface area contributed by atoms with Crippen molar-refractivity contribution in [2.45, 2.75) is 58.3 Å². The molecule has 1 aromatic heterocycles. The summed E-state index contributed by atoms with van der Waals surface area (Å²) in [5.74, 6) is 0.124. The van der Waals surface area contributed by atoms with E-state index in [-0.39, 0.29) is 23.9 Å². The van der Waals surface area contributed by atoms with E-state index in [1.54, 1.807) is 18.0 Å². The quantitative estimate of drug-likeness (QED) is 0.447. The van der Waals surface area contributed by atoms with Crippen LogP contribution >= 0.6 is 11.6 Å². The van der Waals surface area contributed by atoms with E-state index in [9.17, 15) is 9.59 Å². The highest BCUT2D eigenvalue weighted by Gasteiger charge is 2.34. The highest BCUT2D eigenvalue weighted by Crippen LogP contribution is 2.32. The van der Waals surface area contributed by atoms with Crippen LogP contribution in [0.4, 0.5) is 5.95 Å². The van der Waals surface area contributed by atoms with E-state index in [2.05, 4.69) is 26.7 Å². The predicted octanol–water partition coefficient (Wildman–Crippen LogP) is 4.92. The standard InChI is InChI=1S/C29H32ClN5O3/c1-17-5-4-6-20(13-17)18(2)32-27(36)19(3)35-16-22-8-7-21(14-24(22)28(35)37)26-25(30)15-31-29(34-26)33-23-9-11-38-12-10-23/h4-8,13-15,18-19,23H,9-12,16H2,1-3H3,(H,32,36)(H,31,33,34)/t18-,19?/m1/s1. The number of nitrogens with one attached hydrogen (secondary N) is 2. The van der Waals surface area contributed by atoms with Gasteiger partial charge in [0.15, 0.2) is 0 Å². The third-order valence-electron chi connectivity index (χ3n) is 7.26. The van der Waals surface area contributed by atoms with Gasteiger partial charge < -0.3 is 20.3 Å². The number of nitrogens with zero attached hydrogens (tertiary/aromatic N) is 3. The molecule has 2 amide bonds. The van der Waals surface area contributed by atoms with Crippen molar-refractivity contribution in [3.63, 3.8) is 0 Å².